The summed E-state index contributed by atoms with van der Waals surface area (Å²) in [5, 5.41) is 4.99. The maximum Gasteiger partial charge on any atom is 0.248 e. The lowest BCUT2D eigenvalue weighted by Crippen LogP contribution is -2.46. The van der Waals surface area contributed by atoms with Gasteiger partial charge in [0.05, 0.1) is 11.9 Å². The Morgan fingerprint density at radius 3 is 2.55 bits per heavy atom. The van der Waals surface area contributed by atoms with Crippen LogP contribution in [0.1, 0.15) is 10.4 Å². The molecule has 2 aromatic heterocycles. The number of aromatic nitrogens is 1. The molecule has 6 heteroatoms. The molecule has 1 saturated heterocycles. The van der Waals surface area contributed by atoms with E-state index in [0.717, 1.165) is 44.1 Å². The molecule has 1 aliphatic heterocycles. The number of hydrogen-bond acceptors (Lipinski definition) is 5. The first-order valence-electron chi connectivity index (χ1n) is 9.76. The number of anilines is 2. The Morgan fingerprint density at radius 1 is 1.03 bits per heavy atom. The van der Waals surface area contributed by atoms with E-state index >= 15 is 0 Å². The Kier molecular flexibility index (Phi) is 6.34. The summed E-state index contributed by atoms with van der Waals surface area (Å²) in [5.74, 6) is 0.796. The minimum absolute atomic E-state index is 0.161. The lowest BCUT2D eigenvalue weighted by Gasteiger charge is -2.35. The van der Waals surface area contributed by atoms with Crippen LogP contribution in [0.15, 0.2) is 72.3 Å². The summed E-state index contributed by atoms with van der Waals surface area (Å²) in [4.78, 5) is 22.8. The molecule has 0 radical (unpaired) electrons. The first-order valence-corrected chi connectivity index (χ1v) is 10.6. The van der Waals surface area contributed by atoms with Crippen LogP contribution in [0.5, 0.6) is 0 Å². The zero-order chi connectivity index (χ0) is 19.9. The predicted octanol–water partition coefficient (Wildman–Crippen LogP) is 4.12. The summed E-state index contributed by atoms with van der Waals surface area (Å²) >= 11 is 1.82. The molecule has 0 bridgehead atoms. The van der Waals surface area contributed by atoms with Crippen LogP contribution in [0.4, 0.5) is 11.5 Å². The molecule has 0 spiro atoms. The molecule has 5 nitrogen and oxygen atoms in total. The topological polar surface area (TPSA) is 48.5 Å². The normalized spacial score (nSPS) is 15.0. The highest BCUT2D eigenvalue weighted by Gasteiger charge is 2.18. The Hall–Kier alpha value is -2.96. The van der Waals surface area contributed by atoms with Crippen LogP contribution in [-0.2, 0) is 11.3 Å². The fourth-order valence-corrected chi connectivity index (χ4v) is 4.07. The van der Waals surface area contributed by atoms with Crippen molar-refractivity contribution in [2.45, 2.75) is 6.54 Å². The molecular weight excluding hydrogens is 380 g/mol. The van der Waals surface area contributed by atoms with Crippen molar-refractivity contribution >= 4 is 34.8 Å². The molecule has 1 aliphatic rings. The van der Waals surface area contributed by atoms with Crippen molar-refractivity contribution in [3.8, 4) is 0 Å². The van der Waals surface area contributed by atoms with Crippen LogP contribution < -0.4 is 10.2 Å². The number of nitrogens with zero attached hydrogens (tertiary/aromatic N) is 3. The van der Waals surface area contributed by atoms with E-state index < -0.39 is 0 Å². The van der Waals surface area contributed by atoms with E-state index in [2.05, 4.69) is 37.6 Å². The number of carbonyl (C=O) groups is 1. The standard InChI is InChI=1S/C23H24N4OS/c28-23(11-8-19-5-2-1-3-6-19)25-20-9-10-22(24-17-20)27-14-12-26(13-15-27)18-21-7-4-16-29-21/h1-11,16-17H,12-15,18H2,(H,25,28)/b11-8+. The number of amides is 1. The molecule has 3 aromatic rings. The second-order valence-electron chi connectivity index (χ2n) is 6.98. The van der Waals surface area contributed by atoms with Crippen molar-refractivity contribution in [3.63, 3.8) is 0 Å². The number of hydrogen-bond donors (Lipinski definition) is 1. The van der Waals surface area contributed by atoms with Gasteiger partial charge in [-0.1, -0.05) is 36.4 Å². The summed E-state index contributed by atoms with van der Waals surface area (Å²) in [7, 11) is 0. The largest absolute Gasteiger partial charge is 0.354 e. The fourth-order valence-electron chi connectivity index (χ4n) is 3.33. The van der Waals surface area contributed by atoms with Crippen LogP contribution in [0.3, 0.4) is 0 Å². The third kappa shape index (κ3) is 5.53. The number of carbonyl (C=O) groups excluding carboxylic acids is 1. The second-order valence-corrected chi connectivity index (χ2v) is 8.01. The van der Waals surface area contributed by atoms with Gasteiger partial charge in [-0.05, 0) is 35.2 Å². The van der Waals surface area contributed by atoms with Gasteiger partial charge < -0.3 is 10.2 Å². The average Bonchev–Trinajstić information content (AvgIpc) is 3.27. The highest BCUT2D eigenvalue weighted by atomic mass is 32.1. The monoisotopic (exact) mass is 404 g/mol. The molecule has 0 atom stereocenters. The molecule has 29 heavy (non-hydrogen) atoms. The molecule has 0 aliphatic carbocycles. The summed E-state index contributed by atoms with van der Waals surface area (Å²) in [6, 6.07) is 18.0. The van der Waals surface area contributed by atoms with Crippen molar-refractivity contribution in [1.82, 2.24) is 9.88 Å². The molecule has 1 aromatic carbocycles. The Labute approximate surface area is 175 Å². The number of piperazine rings is 1. The van der Waals surface area contributed by atoms with Gasteiger partial charge in [-0.3, -0.25) is 9.69 Å². The van der Waals surface area contributed by atoms with Crippen molar-refractivity contribution in [1.29, 1.82) is 0 Å². The number of pyridine rings is 1. The highest BCUT2D eigenvalue weighted by molar-refractivity contribution is 7.09. The molecule has 148 valence electrons. The smallest absolute Gasteiger partial charge is 0.248 e. The van der Waals surface area contributed by atoms with Gasteiger partial charge in [-0.25, -0.2) is 4.98 Å². The van der Waals surface area contributed by atoms with Crippen LogP contribution in [0.25, 0.3) is 6.08 Å². The van der Waals surface area contributed by atoms with Gasteiger partial charge in [-0.15, -0.1) is 11.3 Å². The van der Waals surface area contributed by atoms with E-state index in [9.17, 15) is 4.79 Å². The summed E-state index contributed by atoms with van der Waals surface area (Å²) in [5.41, 5.74) is 1.70. The van der Waals surface area contributed by atoms with Crippen LogP contribution in [0.2, 0.25) is 0 Å². The first kappa shape index (κ1) is 19.4. The second kappa shape index (κ2) is 9.49. The van der Waals surface area contributed by atoms with Crippen LogP contribution >= 0.6 is 11.3 Å². The van der Waals surface area contributed by atoms with E-state index in [0.29, 0.717) is 5.69 Å². The lowest BCUT2D eigenvalue weighted by molar-refractivity contribution is -0.111. The van der Waals surface area contributed by atoms with Gasteiger partial charge in [0.15, 0.2) is 0 Å². The molecule has 1 fully saturated rings. The molecule has 4 rings (SSSR count). The number of thiophene rings is 1. The molecule has 0 saturated carbocycles. The van der Waals surface area contributed by atoms with E-state index in [1.807, 2.05) is 53.8 Å². The van der Waals surface area contributed by atoms with Gasteiger partial charge >= 0.3 is 0 Å². The number of nitrogens with one attached hydrogen (secondary N) is 1. The van der Waals surface area contributed by atoms with Gasteiger partial charge in [-0.2, -0.15) is 0 Å². The van der Waals surface area contributed by atoms with E-state index in [4.69, 9.17) is 0 Å². The highest BCUT2D eigenvalue weighted by Crippen LogP contribution is 2.18. The van der Waals surface area contributed by atoms with Crippen molar-refractivity contribution in [2.75, 3.05) is 36.4 Å². The zero-order valence-corrected chi connectivity index (χ0v) is 17.0. The molecular formula is C23H24N4OS. The van der Waals surface area contributed by atoms with Gasteiger partial charge in [0, 0.05) is 43.7 Å². The summed E-state index contributed by atoms with van der Waals surface area (Å²) in [6.07, 6.45) is 5.06. The molecule has 3 heterocycles. The van der Waals surface area contributed by atoms with Gasteiger partial charge in [0.2, 0.25) is 5.91 Å². The fraction of sp³-hybridized carbons (Fsp3) is 0.217. The minimum atomic E-state index is -0.161. The average molecular weight is 405 g/mol. The summed E-state index contributed by atoms with van der Waals surface area (Å²) < 4.78 is 0. The van der Waals surface area contributed by atoms with Crippen LogP contribution in [-0.4, -0.2) is 42.0 Å². The van der Waals surface area contributed by atoms with E-state index in [1.165, 1.54) is 11.0 Å². The van der Waals surface area contributed by atoms with Crippen molar-refractivity contribution in [2.24, 2.45) is 0 Å². The maximum atomic E-state index is 12.1. The lowest BCUT2D eigenvalue weighted by atomic mass is 10.2. The Bertz CT molecular complexity index is 931. The van der Waals surface area contributed by atoms with E-state index in [1.54, 1.807) is 12.3 Å². The first-order chi connectivity index (χ1) is 14.3. The quantitative estimate of drug-likeness (QED) is 0.628. The zero-order valence-electron chi connectivity index (χ0n) is 16.2. The van der Waals surface area contributed by atoms with Gasteiger partial charge in [0.1, 0.15) is 5.82 Å². The van der Waals surface area contributed by atoms with Crippen molar-refractivity contribution < 1.29 is 4.79 Å². The predicted molar refractivity (Wildman–Crippen MR) is 120 cm³/mol. The number of benzene rings is 1. The van der Waals surface area contributed by atoms with Crippen molar-refractivity contribution in [3.05, 3.63) is 82.7 Å². The maximum absolute atomic E-state index is 12.1. The summed E-state index contributed by atoms with van der Waals surface area (Å²) in [6.45, 7) is 5.01. The number of rotatable bonds is 6. The third-order valence-corrected chi connectivity index (χ3v) is 5.76. The molecule has 1 amide bonds. The molecule has 0 unspecified atom stereocenters. The SMILES string of the molecule is O=C(/C=C/c1ccccc1)Nc1ccc(N2CCN(Cc3cccs3)CC2)nc1. The van der Waals surface area contributed by atoms with Crippen LogP contribution in [0, 0.1) is 0 Å². The van der Waals surface area contributed by atoms with Gasteiger partial charge in [0.25, 0.3) is 0 Å². The Balaban J connectivity index is 1.27. The third-order valence-electron chi connectivity index (χ3n) is 4.90. The minimum Gasteiger partial charge on any atom is -0.354 e. The Morgan fingerprint density at radius 2 is 1.86 bits per heavy atom. The molecule has 1 N–H and O–H groups in total. The van der Waals surface area contributed by atoms with E-state index in [-0.39, 0.29) is 5.91 Å².